The van der Waals surface area contributed by atoms with E-state index in [1.807, 2.05) is 19.0 Å². The van der Waals surface area contributed by atoms with Gasteiger partial charge in [0.05, 0.1) is 13.2 Å². The Morgan fingerprint density at radius 1 is 1.26 bits per heavy atom. The minimum atomic E-state index is 0.163. The second kappa shape index (κ2) is 11.2. The number of rotatable bonds is 11. The summed E-state index contributed by atoms with van der Waals surface area (Å²) in [7, 11) is 5.76. The predicted octanol–water partition coefficient (Wildman–Crippen LogP) is 0.801. The van der Waals surface area contributed by atoms with Gasteiger partial charge in [-0.25, -0.2) is 0 Å². The summed E-state index contributed by atoms with van der Waals surface area (Å²) in [5.41, 5.74) is 0. The van der Waals surface area contributed by atoms with Crippen molar-refractivity contribution in [3.63, 3.8) is 0 Å². The summed E-state index contributed by atoms with van der Waals surface area (Å²) in [4.78, 5) is 16.2. The second-order valence-electron chi connectivity index (χ2n) is 5.22. The van der Waals surface area contributed by atoms with E-state index < -0.39 is 0 Å². The first-order valence-electron chi connectivity index (χ1n) is 7.16. The SMILES string of the molecule is CCC(C)NCC(=O)N(CCCN(C)C)CCOC. The van der Waals surface area contributed by atoms with Crippen LogP contribution in [0.2, 0.25) is 0 Å². The van der Waals surface area contributed by atoms with Crippen LogP contribution in [0.15, 0.2) is 0 Å². The average molecular weight is 273 g/mol. The minimum Gasteiger partial charge on any atom is -0.383 e. The van der Waals surface area contributed by atoms with E-state index in [2.05, 4.69) is 24.1 Å². The molecular formula is C14H31N3O2. The Labute approximate surface area is 118 Å². The smallest absolute Gasteiger partial charge is 0.236 e. The maximum absolute atomic E-state index is 12.1. The summed E-state index contributed by atoms with van der Waals surface area (Å²) in [6, 6.07) is 0.384. The summed E-state index contributed by atoms with van der Waals surface area (Å²) in [5.74, 6) is 0.163. The van der Waals surface area contributed by atoms with Gasteiger partial charge in [0.15, 0.2) is 0 Å². The fraction of sp³-hybridized carbons (Fsp3) is 0.929. The van der Waals surface area contributed by atoms with E-state index in [4.69, 9.17) is 4.74 Å². The molecule has 19 heavy (non-hydrogen) atoms. The molecule has 0 rings (SSSR count). The van der Waals surface area contributed by atoms with Crippen LogP contribution in [0.4, 0.5) is 0 Å². The van der Waals surface area contributed by atoms with E-state index >= 15 is 0 Å². The monoisotopic (exact) mass is 273 g/mol. The van der Waals surface area contributed by atoms with Crippen molar-refractivity contribution in [2.24, 2.45) is 0 Å². The Morgan fingerprint density at radius 2 is 1.95 bits per heavy atom. The number of hydrogen-bond donors (Lipinski definition) is 1. The van der Waals surface area contributed by atoms with Crippen molar-refractivity contribution in [1.82, 2.24) is 15.1 Å². The Balaban J connectivity index is 4.10. The molecule has 0 bridgehead atoms. The van der Waals surface area contributed by atoms with E-state index in [-0.39, 0.29) is 5.91 Å². The zero-order valence-corrected chi connectivity index (χ0v) is 13.2. The molecule has 0 aliphatic carbocycles. The molecule has 5 nitrogen and oxygen atoms in total. The molecule has 0 spiro atoms. The Bertz CT molecular complexity index is 235. The highest BCUT2D eigenvalue weighted by molar-refractivity contribution is 5.78. The first kappa shape index (κ1) is 18.4. The maximum atomic E-state index is 12.1. The molecule has 0 radical (unpaired) electrons. The number of carbonyl (C=O) groups is 1. The third-order valence-corrected chi connectivity index (χ3v) is 3.17. The summed E-state index contributed by atoms with van der Waals surface area (Å²) in [5, 5.41) is 3.25. The predicted molar refractivity (Wildman–Crippen MR) is 79.4 cm³/mol. The van der Waals surface area contributed by atoms with Gasteiger partial charge in [0.1, 0.15) is 0 Å². The quantitative estimate of drug-likeness (QED) is 0.605. The number of methoxy groups -OCH3 is 1. The van der Waals surface area contributed by atoms with Gasteiger partial charge in [-0.1, -0.05) is 6.92 Å². The third kappa shape index (κ3) is 9.87. The lowest BCUT2D eigenvalue weighted by atomic mass is 10.2. The fourth-order valence-electron chi connectivity index (χ4n) is 1.66. The largest absolute Gasteiger partial charge is 0.383 e. The molecule has 0 aromatic carbocycles. The van der Waals surface area contributed by atoms with Crippen LogP contribution in [0.3, 0.4) is 0 Å². The van der Waals surface area contributed by atoms with Crippen molar-refractivity contribution >= 4 is 5.91 Å². The van der Waals surface area contributed by atoms with Gasteiger partial charge in [-0.15, -0.1) is 0 Å². The van der Waals surface area contributed by atoms with Gasteiger partial charge in [-0.2, -0.15) is 0 Å². The number of ether oxygens (including phenoxy) is 1. The molecule has 0 aromatic rings. The Kier molecular flexibility index (Phi) is 10.8. The molecule has 1 amide bonds. The van der Waals surface area contributed by atoms with E-state index in [0.717, 1.165) is 25.9 Å². The standard InChI is InChI=1S/C14H31N3O2/c1-6-13(2)15-12-14(18)17(10-11-19-5)9-7-8-16(3)4/h13,15H,6-12H2,1-5H3. The van der Waals surface area contributed by atoms with Crippen molar-refractivity contribution in [1.29, 1.82) is 0 Å². The summed E-state index contributed by atoms with van der Waals surface area (Å²) >= 11 is 0. The van der Waals surface area contributed by atoms with Crippen LogP contribution in [0, 0.1) is 0 Å². The van der Waals surface area contributed by atoms with Crippen molar-refractivity contribution in [2.75, 3.05) is 54.0 Å². The highest BCUT2D eigenvalue weighted by Gasteiger charge is 2.13. The molecule has 1 atom stereocenters. The van der Waals surface area contributed by atoms with Crippen LogP contribution in [0.1, 0.15) is 26.7 Å². The van der Waals surface area contributed by atoms with Gasteiger partial charge in [0.25, 0.3) is 0 Å². The molecule has 1 unspecified atom stereocenters. The van der Waals surface area contributed by atoms with Crippen LogP contribution in [0.25, 0.3) is 0 Å². The summed E-state index contributed by atoms with van der Waals surface area (Å²) < 4.78 is 5.07. The lowest BCUT2D eigenvalue weighted by Crippen LogP contribution is -2.43. The molecule has 0 fully saturated rings. The molecule has 1 N–H and O–H groups in total. The zero-order chi connectivity index (χ0) is 14.7. The zero-order valence-electron chi connectivity index (χ0n) is 13.2. The minimum absolute atomic E-state index is 0.163. The average Bonchev–Trinajstić information content (AvgIpc) is 2.38. The van der Waals surface area contributed by atoms with Crippen molar-refractivity contribution in [3.05, 3.63) is 0 Å². The van der Waals surface area contributed by atoms with Crippen molar-refractivity contribution < 1.29 is 9.53 Å². The van der Waals surface area contributed by atoms with Gasteiger partial charge in [-0.3, -0.25) is 4.79 Å². The molecule has 0 saturated heterocycles. The molecule has 114 valence electrons. The first-order chi connectivity index (χ1) is 9.01. The number of nitrogens with zero attached hydrogens (tertiary/aromatic N) is 2. The molecule has 0 aromatic heterocycles. The second-order valence-corrected chi connectivity index (χ2v) is 5.22. The fourth-order valence-corrected chi connectivity index (χ4v) is 1.66. The molecular weight excluding hydrogens is 242 g/mol. The molecule has 5 heteroatoms. The van der Waals surface area contributed by atoms with E-state index in [1.165, 1.54) is 0 Å². The van der Waals surface area contributed by atoms with Crippen LogP contribution in [-0.2, 0) is 9.53 Å². The van der Waals surface area contributed by atoms with Gasteiger partial charge < -0.3 is 19.9 Å². The number of hydrogen-bond acceptors (Lipinski definition) is 4. The lowest BCUT2D eigenvalue weighted by molar-refractivity contribution is -0.131. The van der Waals surface area contributed by atoms with Gasteiger partial charge >= 0.3 is 0 Å². The van der Waals surface area contributed by atoms with Crippen molar-refractivity contribution in [2.45, 2.75) is 32.7 Å². The number of amides is 1. The molecule has 0 saturated carbocycles. The molecule has 0 aliphatic rings. The van der Waals surface area contributed by atoms with Crippen LogP contribution in [0.5, 0.6) is 0 Å². The first-order valence-corrected chi connectivity index (χ1v) is 7.16. The molecule has 0 aliphatic heterocycles. The Hall–Kier alpha value is -0.650. The lowest BCUT2D eigenvalue weighted by Gasteiger charge is -2.24. The Morgan fingerprint density at radius 3 is 2.47 bits per heavy atom. The maximum Gasteiger partial charge on any atom is 0.236 e. The van der Waals surface area contributed by atoms with Gasteiger partial charge in [-0.05, 0) is 40.4 Å². The van der Waals surface area contributed by atoms with E-state index in [9.17, 15) is 4.79 Å². The summed E-state index contributed by atoms with van der Waals surface area (Å²) in [6.07, 6.45) is 2.03. The van der Waals surface area contributed by atoms with Gasteiger partial charge in [0, 0.05) is 26.2 Å². The normalized spacial score (nSPS) is 12.7. The highest BCUT2D eigenvalue weighted by atomic mass is 16.5. The van der Waals surface area contributed by atoms with Gasteiger partial charge in [0.2, 0.25) is 5.91 Å². The van der Waals surface area contributed by atoms with Crippen LogP contribution in [-0.4, -0.2) is 75.7 Å². The number of nitrogens with one attached hydrogen (secondary N) is 1. The number of carbonyl (C=O) groups excluding carboxylic acids is 1. The molecule has 0 heterocycles. The van der Waals surface area contributed by atoms with Crippen molar-refractivity contribution in [3.8, 4) is 0 Å². The van der Waals surface area contributed by atoms with E-state index in [0.29, 0.717) is 25.7 Å². The van der Waals surface area contributed by atoms with E-state index in [1.54, 1.807) is 7.11 Å². The van der Waals surface area contributed by atoms with Crippen LogP contribution < -0.4 is 5.32 Å². The van der Waals surface area contributed by atoms with Crippen LogP contribution >= 0.6 is 0 Å². The third-order valence-electron chi connectivity index (χ3n) is 3.17. The topological polar surface area (TPSA) is 44.8 Å². The highest BCUT2D eigenvalue weighted by Crippen LogP contribution is 1.96. The summed E-state index contributed by atoms with van der Waals surface area (Å²) in [6.45, 7) is 7.68.